The van der Waals surface area contributed by atoms with E-state index in [4.69, 9.17) is 4.74 Å². The molecule has 57 heavy (non-hydrogen) atoms. The SMILES string of the molecule is O=C(CN1CCC(OC2CCN(C(=O)c3ncc(-c4ccccc4)cn3)CC2)CC1)N1CCN(C(=O)c2cc(Cc3n[nH]c(=O)c4ccccc34)ccc2F)CC1. The first-order valence-corrected chi connectivity index (χ1v) is 19.7. The molecule has 3 aromatic carbocycles. The predicted molar refractivity (Wildman–Crippen MR) is 211 cm³/mol. The van der Waals surface area contributed by atoms with Crippen molar-refractivity contribution in [2.24, 2.45) is 0 Å². The Morgan fingerprint density at radius 2 is 1.32 bits per heavy atom. The summed E-state index contributed by atoms with van der Waals surface area (Å²) in [5.74, 6) is -0.957. The number of hydrogen-bond donors (Lipinski definition) is 1. The van der Waals surface area contributed by atoms with Gasteiger partial charge in [-0.3, -0.25) is 24.1 Å². The fourth-order valence-corrected chi connectivity index (χ4v) is 8.00. The number of rotatable bonds is 9. The van der Waals surface area contributed by atoms with E-state index in [2.05, 4.69) is 25.1 Å². The standard InChI is InChI=1S/C43H45FN8O5/c44-37-11-10-29(25-38-34-8-4-5-9-35(34)41(54)48-47-38)24-36(37)42(55)52-22-20-50(21-23-52)39(53)28-49-16-12-32(13-17-49)57-33-14-18-51(19-15-33)43(56)40-45-26-31(27-46-40)30-6-2-1-3-7-30/h1-11,24,26-27,32-33H,12-23,25,28H2,(H,48,54). The number of fused-ring (bicyclic) bond motifs is 1. The van der Waals surface area contributed by atoms with Crippen LogP contribution in [0.1, 0.15) is 57.9 Å². The molecule has 1 N–H and O–H groups in total. The topological polar surface area (TPSA) is 145 Å². The average Bonchev–Trinajstić information content (AvgIpc) is 3.26. The normalized spacial score (nSPS) is 17.2. The summed E-state index contributed by atoms with van der Waals surface area (Å²) in [6.07, 6.45) is 7.06. The zero-order chi connectivity index (χ0) is 39.3. The Hall–Kier alpha value is -5.86. The largest absolute Gasteiger partial charge is 0.375 e. The summed E-state index contributed by atoms with van der Waals surface area (Å²) in [7, 11) is 0. The summed E-state index contributed by atoms with van der Waals surface area (Å²) in [4.78, 5) is 68.1. The van der Waals surface area contributed by atoms with Crippen molar-refractivity contribution >= 4 is 28.5 Å². The second kappa shape index (κ2) is 17.1. The van der Waals surface area contributed by atoms with E-state index >= 15 is 0 Å². The number of amides is 3. The van der Waals surface area contributed by atoms with Crippen LogP contribution in [0.3, 0.4) is 0 Å². The average molecular weight is 773 g/mol. The number of benzene rings is 3. The van der Waals surface area contributed by atoms with Crippen molar-refractivity contribution in [1.82, 2.24) is 39.8 Å². The molecule has 5 heterocycles. The monoisotopic (exact) mass is 772 g/mol. The molecule has 3 amide bonds. The Labute approximate surface area is 329 Å². The Bertz CT molecular complexity index is 2280. The van der Waals surface area contributed by atoms with Gasteiger partial charge in [0.1, 0.15) is 5.82 Å². The van der Waals surface area contributed by atoms with Crippen LogP contribution in [0, 0.1) is 5.82 Å². The fourth-order valence-electron chi connectivity index (χ4n) is 8.00. The fraction of sp³-hybridized carbons (Fsp3) is 0.372. The molecule has 8 rings (SSSR count). The lowest BCUT2D eigenvalue weighted by Crippen LogP contribution is -2.53. The van der Waals surface area contributed by atoms with Gasteiger partial charge in [-0.1, -0.05) is 54.6 Å². The number of nitrogens with one attached hydrogen (secondary N) is 1. The minimum Gasteiger partial charge on any atom is -0.375 e. The summed E-state index contributed by atoms with van der Waals surface area (Å²) in [6.45, 7) is 4.38. The highest BCUT2D eigenvalue weighted by Gasteiger charge is 2.31. The molecule has 14 heteroatoms. The lowest BCUT2D eigenvalue weighted by Gasteiger charge is -2.38. The Morgan fingerprint density at radius 1 is 0.702 bits per heavy atom. The van der Waals surface area contributed by atoms with Gasteiger partial charge in [0.25, 0.3) is 17.4 Å². The molecule has 3 aliphatic rings. The Balaban J connectivity index is 0.755. The lowest BCUT2D eigenvalue weighted by atomic mass is 10.0. The predicted octanol–water partition coefficient (Wildman–Crippen LogP) is 4.18. The first kappa shape index (κ1) is 38.0. The van der Waals surface area contributed by atoms with Gasteiger partial charge < -0.3 is 19.4 Å². The first-order chi connectivity index (χ1) is 27.8. The van der Waals surface area contributed by atoms with Crippen LogP contribution in [0.25, 0.3) is 21.9 Å². The van der Waals surface area contributed by atoms with Gasteiger partial charge in [0.15, 0.2) is 0 Å². The van der Waals surface area contributed by atoms with E-state index in [9.17, 15) is 23.6 Å². The van der Waals surface area contributed by atoms with Crippen LogP contribution in [0.15, 0.2) is 90.0 Å². The van der Waals surface area contributed by atoms with Crippen LogP contribution in [-0.4, -0.2) is 129 Å². The van der Waals surface area contributed by atoms with Gasteiger partial charge in [-0.15, -0.1) is 0 Å². The van der Waals surface area contributed by atoms with E-state index in [0.717, 1.165) is 49.9 Å². The van der Waals surface area contributed by atoms with Gasteiger partial charge in [-0.2, -0.15) is 5.10 Å². The van der Waals surface area contributed by atoms with Crippen molar-refractivity contribution in [3.05, 3.63) is 124 Å². The minimum atomic E-state index is -0.606. The number of hydrogen-bond acceptors (Lipinski definition) is 9. The van der Waals surface area contributed by atoms with Gasteiger partial charge in [0.05, 0.1) is 35.4 Å². The summed E-state index contributed by atoms with van der Waals surface area (Å²) in [6, 6.07) is 21.5. The zero-order valence-corrected chi connectivity index (χ0v) is 31.7. The molecule has 0 saturated carbocycles. The Kier molecular flexibility index (Phi) is 11.4. The number of likely N-dealkylation sites (tertiary alicyclic amines) is 2. The number of ether oxygens (including phenoxy) is 1. The number of piperazine rings is 1. The maximum Gasteiger partial charge on any atom is 0.291 e. The lowest BCUT2D eigenvalue weighted by molar-refractivity contribution is -0.135. The van der Waals surface area contributed by atoms with Crippen LogP contribution < -0.4 is 5.56 Å². The van der Waals surface area contributed by atoms with Crippen molar-refractivity contribution in [2.75, 3.05) is 58.9 Å². The van der Waals surface area contributed by atoms with Gasteiger partial charge in [-0.25, -0.2) is 19.5 Å². The third-order valence-electron chi connectivity index (χ3n) is 11.3. The van der Waals surface area contributed by atoms with E-state index in [0.29, 0.717) is 74.3 Å². The molecule has 3 fully saturated rings. The highest BCUT2D eigenvalue weighted by atomic mass is 19.1. The number of halogens is 1. The van der Waals surface area contributed by atoms with Crippen LogP contribution >= 0.6 is 0 Å². The van der Waals surface area contributed by atoms with Crippen LogP contribution in [-0.2, 0) is 16.0 Å². The number of carbonyl (C=O) groups is 3. The van der Waals surface area contributed by atoms with Crippen molar-refractivity contribution in [1.29, 1.82) is 0 Å². The smallest absolute Gasteiger partial charge is 0.291 e. The van der Waals surface area contributed by atoms with E-state index in [1.165, 1.54) is 6.07 Å². The van der Waals surface area contributed by atoms with E-state index in [1.807, 2.05) is 42.5 Å². The second-order valence-electron chi connectivity index (χ2n) is 15.0. The van der Waals surface area contributed by atoms with Crippen LogP contribution in [0.5, 0.6) is 0 Å². The molecule has 0 radical (unpaired) electrons. The molecule has 0 atom stereocenters. The molecule has 0 aliphatic carbocycles. The molecule has 3 aliphatic heterocycles. The number of nitrogens with zero attached hydrogens (tertiary/aromatic N) is 7. The maximum atomic E-state index is 15.0. The van der Waals surface area contributed by atoms with Crippen LogP contribution in [0.2, 0.25) is 0 Å². The third-order valence-corrected chi connectivity index (χ3v) is 11.3. The molecule has 0 unspecified atom stereocenters. The molecule has 5 aromatic rings. The quantitative estimate of drug-likeness (QED) is 0.233. The first-order valence-electron chi connectivity index (χ1n) is 19.7. The van der Waals surface area contributed by atoms with Crippen LogP contribution in [0.4, 0.5) is 4.39 Å². The molecular weight excluding hydrogens is 728 g/mol. The molecule has 294 valence electrons. The zero-order valence-electron chi connectivity index (χ0n) is 31.7. The molecule has 2 aromatic heterocycles. The number of aromatic nitrogens is 4. The molecule has 0 spiro atoms. The molecule has 13 nitrogen and oxygen atoms in total. The number of carbonyl (C=O) groups excluding carboxylic acids is 3. The van der Waals surface area contributed by atoms with Crippen molar-refractivity contribution in [2.45, 2.75) is 44.3 Å². The highest BCUT2D eigenvalue weighted by Crippen LogP contribution is 2.24. The number of H-pyrrole nitrogens is 1. The van der Waals surface area contributed by atoms with Gasteiger partial charge in [0, 0.05) is 82.1 Å². The van der Waals surface area contributed by atoms with E-state index < -0.39 is 11.7 Å². The van der Waals surface area contributed by atoms with E-state index in [-0.39, 0.29) is 41.0 Å². The molecule has 0 bridgehead atoms. The molecular formula is C43H45FN8O5. The third kappa shape index (κ3) is 8.76. The van der Waals surface area contributed by atoms with E-state index in [1.54, 1.807) is 51.4 Å². The van der Waals surface area contributed by atoms with Gasteiger partial charge in [0.2, 0.25) is 11.7 Å². The van der Waals surface area contributed by atoms with Crippen molar-refractivity contribution in [3.63, 3.8) is 0 Å². The number of piperidine rings is 2. The summed E-state index contributed by atoms with van der Waals surface area (Å²) in [5, 5.41) is 7.96. The van der Waals surface area contributed by atoms with Crippen molar-refractivity contribution < 1.29 is 23.5 Å². The summed E-state index contributed by atoms with van der Waals surface area (Å²) < 4.78 is 21.5. The Morgan fingerprint density at radius 3 is 2.02 bits per heavy atom. The summed E-state index contributed by atoms with van der Waals surface area (Å²) >= 11 is 0. The maximum absolute atomic E-state index is 15.0. The minimum absolute atomic E-state index is 0.0194. The summed E-state index contributed by atoms with van der Waals surface area (Å²) in [5.41, 5.74) is 2.89. The number of aromatic amines is 1. The van der Waals surface area contributed by atoms with Gasteiger partial charge in [-0.05, 0) is 55.0 Å². The molecule has 3 saturated heterocycles. The van der Waals surface area contributed by atoms with Crippen molar-refractivity contribution in [3.8, 4) is 11.1 Å². The van der Waals surface area contributed by atoms with Gasteiger partial charge >= 0.3 is 0 Å². The second-order valence-corrected chi connectivity index (χ2v) is 15.0. The highest BCUT2D eigenvalue weighted by molar-refractivity contribution is 5.95.